The van der Waals surface area contributed by atoms with Gasteiger partial charge in [-0.1, -0.05) is 0 Å². The van der Waals surface area contributed by atoms with Crippen LogP contribution in [-0.2, 0) is 19.3 Å². The Morgan fingerprint density at radius 1 is 1.25 bits per heavy atom. The fourth-order valence-corrected chi connectivity index (χ4v) is 2.89. The van der Waals surface area contributed by atoms with Crippen molar-refractivity contribution in [2.24, 2.45) is 0 Å². The first-order valence-corrected chi connectivity index (χ1v) is 6.80. The van der Waals surface area contributed by atoms with Crippen molar-refractivity contribution >= 4 is 5.82 Å². The highest BCUT2D eigenvalue weighted by atomic mass is 19.4. The van der Waals surface area contributed by atoms with Crippen molar-refractivity contribution in [2.45, 2.75) is 44.8 Å². The Morgan fingerprint density at radius 3 is 2.75 bits per heavy atom. The van der Waals surface area contributed by atoms with Crippen LogP contribution in [0.3, 0.4) is 0 Å². The number of hydrogen-bond acceptors (Lipinski definition) is 4. The number of rotatable bonds is 1. The maximum atomic E-state index is 13.1. The molecule has 2 aliphatic rings. The van der Waals surface area contributed by atoms with E-state index < -0.39 is 18.2 Å². The molecule has 1 fully saturated rings. The van der Waals surface area contributed by atoms with Crippen LogP contribution >= 0.6 is 0 Å². The SMILES string of the molecule is OC1CCCCN1c1nc(C(F)(F)F)n2c1CNCC2. The summed E-state index contributed by atoms with van der Waals surface area (Å²) in [5.41, 5.74) is 0.518. The molecule has 0 amide bonds. The Bertz CT molecular complexity index is 500. The van der Waals surface area contributed by atoms with Gasteiger partial charge in [0.1, 0.15) is 6.23 Å². The van der Waals surface area contributed by atoms with Crippen molar-refractivity contribution < 1.29 is 18.3 Å². The van der Waals surface area contributed by atoms with E-state index >= 15 is 0 Å². The number of nitrogens with one attached hydrogen (secondary N) is 1. The van der Waals surface area contributed by atoms with E-state index in [0.717, 1.165) is 12.8 Å². The quantitative estimate of drug-likeness (QED) is 0.819. The van der Waals surface area contributed by atoms with Crippen LogP contribution in [0.2, 0.25) is 0 Å². The molecule has 2 N–H and O–H groups in total. The minimum Gasteiger partial charge on any atom is -0.374 e. The molecule has 3 heterocycles. The fourth-order valence-electron chi connectivity index (χ4n) is 2.89. The summed E-state index contributed by atoms with van der Waals surface area (Å²) in [6.07, 6.45) is -2.89. The van der Waals surface area contributed by atoms with Gasteiger partial charge in [-0.15, -0.1) is 0 Å². The van der Waals surface area contributed by atoms with Crippen molar-refractivity contribution in [3.63, 3.8) is 0 Å². The molecule has 112 valence electrons. The molecule has 2 aliphatic heterocycles. The van der Waals surface area contributed by atoms with E-state index in [1.807, 2.05) is 0 Å². The standard InChI is InChI=1S/C12H17F3N4O/c13-12(14,15)11-17-10(8-7-16-4-6-18(8)11)19-5-2-1-3-9(19)20/h9,16,20H,1-7H2. The molecule has 8 heteroatoms. The lowest BCUT2D eigenvalue weighted by molar-refractivity contribution is -0.147. The number of aliphatic hydroxyl groups excluding tert-OH is 1. The number of hydrogen-bond donors (Lipinski definition) is 2. The Kier molecular flexibility index (Phi) is 3.37. The molecule has 3 rings (SSSR count). The molecule has 1 saturated heterocycles. The van der Waals surface area contributed by atoms with E-state index in [0.29, 0.717) is 31.7 Å². The van der Waals surface area contributed by atoms with Gasteiger partial charge in [0, 0.05) is 26.2 Å². The lowest BCUT2D eigenvalue weighted by atomic mass is 10.1. The maximum Gasteiger partial charge on any atom is 0.449 e. The van der Waals surface area contributed by atoms with Gasteiger partial charge in [-0.2, -0.15) is 13.2 Å². The van der Waals surface area contributed by atoms with Crippen molar-refractivity contribution in [1.82, 2.24) is 14.9 Å². The molecule has 20 heavy (non-hydrogen) atoms. The van der Waals surface area contributed by atoms with Crippen LogP contribution in [0.15, 0.2) is 0 Å². The second-order valence-corrected chi connectivity index (χ2v) is 5.20. The van der Waals surface area contributed by atoms with E-state index in [1.54, 1.807) is 4.90 Å². The third kappa shape index (κ3) is 2.26. The van der Waals surface area contributed by atoms with Crippen molar-refractivity contribution in [1.29, 1.82) is 0 Å². The fraction of sp³-hybridized carbons (Fsp3) is 0.750. The predicted octanol–water partition coefficient (Wildman–Crippen LogP) is 1.31. The largest absolute Gasteiger partial charge is 0.449 e. The highest BCUT2D eigenvalue weighted by Gasteiger charge is 2.41. The molecule has 1 unspecified atom stereocenters. The minimum atomic E-state index is -4.47. The van der Waals surface area contributed by atoms with Crippen molar-refractivity contribution in [3.8, 4) is 0 Å². The number of aliphatic hydroxyl groups is 1. The minimum absolute atomic E-state index is 0.251. The van der Waals surface area contributed by atoms with Gasteiger partial charge >= 0.3 is 6.18 Å². The Balaban J connectivity index is 2.04. The van der Waals surface area contributed by atoms with E-state index in [9.17, 15) is 18.3 Å². The average molecular weight is 290 g/mol. The van der Waals surface area contributed by atoms with E-state index in [4.69, 9.17) is 0 Å². The number of aromatic nitrogens is 2. The van der Waals surface area contributed by atoms with E-state index in [1.165, 1.54) is 4.57 Å². The first-order valence-electron chi connectivity index (χ1n) is 6.80. The van der Waals surface area contributed by atoms with Gasteiger partial charge < -0.3 is 19.9 Å². The maximum absolute atomic E-state index is 13.1. The highest BCUT2D eigenvalue weighted by Crippen LogP contribution is 2.35. The van der Waals surface area contributed by atoms with Crippen LogP contribution in [0.1, 0.15) is 30.8 Å². The van der Waals surface area contributed by atoms with Gasteiger partial charge in [0.25, 0.3) is 0 Å². The molecular weight excluding hydrogens is 273 g/mol. The van der Waals surface area contributed by atoms with Crippen molar-refractivity contribution in [2.75, 3.05) is 18.0 Å². The van der Waals surface area contributed by atoms with Crippen LogP contribution in [0, 0.1) is 0 Å². The van der Waals surface area contributed by atoms with Gasteiger partial charge in [0.2, 0.25) is 5.82 Å². The summed E-state index contributed by atoms with van der Waals surface area (Å²) in [5, 5.41) is 13.1. The van der Waals surface area contributed by atoms with Crippen LogP contribution in [0.4, 0.5) is 19.0 Å². The average Bonchev–Trinajstić information content (AvgIpc) is 2.79. The van der Waals surface area contributed by atoms with E-state index in [2.05, 4.69) is 10.3 Å². The molecule has 0 aromatic carbocycles. The molecule has 1 aromatic rings. The summed E-state index contributed by atoms with van der Waals surface area (Å²) in [6.45, 7) is 1.64. The second kappa shape index (κ2) is 4.92. The normalized spacial score (nSPS) is 23.8. The van der Waals surface area contributed by atoms with Crippen LogP contribution in [-0.4, -0.2) is 34.0 Å². The lowest BCUT2D eigenvalue weighted by Gasteiger charge is -2.33. The van der Waals surface area contributed by atoms with Crippen LogP contribution < -0.4 is 10.2 Å². The Morgan fingerprint density at radius 2 is 2.05 bits per heavy atom. The topological polar surface area (TPSA) is 53.3 Å². The summed E-state index contributed by atoms with van der Waals surface area (Å²) >= 11 is 0. The van der Waals surface area contributed by atoms with Crippen LogP contribution in [0.25, 0.3) is 0 Å². The summed E-state index contributed by atoms with van der Waals surface area (Å²) in [6, 6.07) is 0. The zero-order valence-corrected chi connectivity index (χ0v) is 10.9. The van der Waals surface area contributed by atoms with E-state index in [-0.39, 0.29) is 12.4 Å². The molecule has 0 spiro atoms. The summed E-state index contributed by atoms with van der Waals surface area (Å²) in [4.78, 5) is 5.40. The molecule has 5 nitrogen and oxygen atoms in total. The number of anilines is 1. The molecule has 1 atom stereocenters. The first-order chi connectivity index (χ1) is 9.48. The number of fused-ring (bicyclic) bond motifs is 1. The predicted molar refractivity (Wildman–Crippen MR) is 66.1 cm³/mol. The van der Waals surface area contributed by atoms with Gasteiger partial charge in [0.15, 0.2) is 5.82 Å². The third-order valence-electron chi connectivity index (χ3n) is 3.85. The number of alkyl halides is 3. The van der Waals surface area contributed by atoms with Crippen LogP contribution in [0.5, 0.6) is 0 Å². The molecule has 0 saturated carbocycles. The number of imidazole rings is 1. The molecule has 0 radical (unpaired) electrons. The Hall–Kier alpha value is -1.28. The van der Waals surface area contributed by atoms with Crippen molar-refractivity contribution in [3.05, 3.63) is 11.5 Å². The monoisotopic (exact) mass is 290 g/mol. The summed E-state index contributed by atoms with van der Waals surface area (Å²) < 4.78 is 40.4. The molecular formula is C12H17F3N4O. The van der Waals surface area contributed by atoms with Gasteiger partial charge in [0.05, 0.1) is 5.69 Å². The molecule has 0 aliphatic carbocycles. The Labute approximate surface area is 114 Å². The second-order valence-electron chi connectivity index (χ2n) is 5.20. The number of nitrogens with zero attached hydrogens (tertiary/aromatic N) is 3. The zero-order valence-electron chi connectivity index (χ0n) is 10.9. The van der Waals surface area contributed by atoms with Gasteiger partial charge in [-0.25, -0.2) is 4.98 Å². The molecule has 1 aromatic heterocycles. The van der Waals surface area contributed by atoms with Gasteiger partial charge in [-0.05, 0) is 19.3 Å². The smallest absolute Gasteiger partial charge is 0.374 e. The third-order valence-corrected chi connectivity index (χ3v) is 3.85. The highest BCUT2D eigenvalue weighted by molar-refractivity contribution is 5.47. The summed E-state index contributed by atoms with van der Waals surface area (Å²) in [5.74, 6) is -0.585. The van der Waals surface area contributed by atoms with Gasteiger partial charge in [-0.3, -0.25) is 0 Å². The summed E-state index contributed by atoms with van der Waals surface area (Å²) in [7, 11) is 0. The number of halogens is 3. The first kappa shape index (κ1) is 13.7. The molecule has 0 bridgehead atoms. The number of piperidine rings is 1. The lowest BCUT2D eigenvalue weighted by Crippen LogP contribution is -2.41. The zero-order chi connectivity index (χ0) is 14.3.